The molecule has 0 bridgehead atoms. The average molecular weight is 209 g/mol. The maximum atomic E-state index is 2.39. The zero-order chi connectivity index (χ0) is 11.4. The number of hydrogen-bond donors (Lipinski definition) is 0. The molecular formula is C13H25N2+. The summed E-state index contributed by atoms with van der Waals surface area (Å²) in [5.41, 5.74) is 1.45. The summed E-state index contributed by atoms with van der Waals surface area (Å²) in [6.45, 7) is 12.4. The number of imidazole rings is 1. The van der Waals surface area contributed by atoms with E-state index >= 15 is 0 Å². The van der Waals surface area contributed by atoms with E-state index < -0.39 is 0 Å². The molecule has 0 aliphatic carbocycles. The Morgan fingerprint density at radius 3 is 2.33 bits per heavy atom. The molecule has 0 radical (unpaired) electrons. The van der Waals surface area contributed by atoms with Gasteiger partial charge >= 0.3 is 0 Å². The Morgan fingerprint density at radius 1 is 1.27 bits per heavy atom. The van der Waals surface area contributed by atoms with Gasteiger partial charge in [0.15, 0.2) is 0 Å². The monoisotopic (exact) mass is 209 g/mol. The Morgan fingerprint density at radius 2 is 1.93 bits per heavy atom. The van der Waals surface area contributed by atoms with Crippen LogP contribution in [0.2, 0.25) is 0 Å². The maximum Gasteiger partial charge on any atom is 0.244 e. The van der Waals surface area contributed by atoms with Crippen LogP contribution in [0.25, 0.3) is 0 Å². The number of aryl methyl sites for hydroxylation is 1. The minimum atomic E-state index is 0.560. The Hall–Kier alpha value is -0.790. The summed E-state index contributed by atoms with van der Waals surface area (Å²) in [5.74, 6) is 0.607. The van der Waals surface area contributed by atoms with E-state index in [-0.39, 0.29) is 0 Å². The van der Waals surface area contributed by atoms with Gasteiger partial charge in [0.2, 0.25) is 6.33 Å². The van der Waals surface area contributed by atoms with Crippen molar-refractivity contribution in [3.63, 3.8) is 0 Å². The zero-order valence-electron chi connectivity index (χ0n) is 10.8. The van der Waals surface area contributed by atoms with Gasteiger partial charge in [-0.25, -0.2) is 9.13 Å². The molecule has 0 unspecified atom stereocenters. The van der Waals surface area contributed by atoms with Gasteiger partial charge in [0, 0.05) is 5.92 Å². The number of aromatic nitrogens is 2. The third-order valence-electron chi connectivity index (χ3n) is 2.79. The van der Waals surface area contributed by atoms with Gasteiger partial charge < -0.3 is 0 Å². The van der Waals surface area contributed by atoms with Crippen LogP contribution >= 0.6 is 0 Å². The fourth-order valence-corrected chi connectivity index (χ4v) is 1.84. The van der Waals surface area contributed by atoms with Crippen LogP contribution < -0.4 is 4.57 Å². The molecule has 1 rings (SSSR count). The lowest BCUT2D eigenvalue weighted by molar-refractivity contribution is -0.697. The zero-order valence-corrected chi connectivity index (χ0v) is 10.8. The average Bonchev–Trinajstić information content (AvgIpc) is 2.58. The van der Waals surface area contributed by atoms with Gasteiger partial charge in [-0.3, -0.25) is 0 Å². The molecule has 2 nitrogen and oxygen atoms in total. The summed E-state index contributed by atoms with van der Waals surface area (Å²) in [4.78, 5) is 0. The van der Waals surface area contributed by atoms with Gasteiger partial charge in [-0.05, 0) is 20.3 Å². The number of hydrogen-bond acceptors (Lipinski definition) is 0. The molecular weight excluding hydrogens is 184 g/mol. The molecule has 0 amide bonds. The van der Waals surface area contributed by atoms with Crippen LogP contribution in [0.4, 0.5) is 0 Å². The molecule has 0 atom stereocenters. The van der Waals surface area contributed by atoms with Gasteiger partial charge in [0.1, 0.15) is 11.9 Å². The van der Waals surface area contributed by atoms with Crippen LogP contribution in [0.1, 0.15) is 65.1 Å². The number of nitrogens with zero attached hydrogens (tertiary/aromatic N) is 2. The van der Waals surface area contributed by atoms with Crippen molar-refractivity contribution >= 4 is 0 Å². The van der Waals surface area contributed by atoms with Crippen molar-refractivity contribution in [3.8, 4) is 0 Å². The summed E-state index contributed by atoms with van der Waals surface area (Å²) in [5, 5.41) is 0. The molecule has 86 valence electrons. The smallest absolute Gasteiger partial charge is 0.237 e. The molecule has 15 heavy (non-hydrogen) atoms. The minimum absolute atomic E-state index is 0.560. The number of rotatable bonds is 5. The third-order valence-corrected chi connectivity index (χ3v) is 2.79. The quantitative estimate of drug-likeness (QED) is 0.658. The van der Waals surface area contributed by atoms with Crippen LogP contribution in [0.15, 0.2) is 12.5 Å². The van der Waals surface area contributed by atoms with Crippen LogP contribution in [-0.2, 0) is 6.54 Å². The van der Waals surface area contributed by atoms with Crippen molar-refractivity contribution in [2.24, 2.45) is 0 Å². The summed E-state index contributed by atoms with van der Waals surface area (Å²) in [6, 6.07) is 0.560. The van der Waals surface area contributed by atoms with Crippen LogP contribution in [0.3, 0.4) is 0 Å². The lowest BCUT2D eigenvalue weighted by Crippen LogP contribution is -2.30. The van der Waals surface area contributed by atoms with Gasteiger partial charge in [-0.1, -0.05) is 27.2 Å². The molecule has 1 aromatic heterocycles. The van der Waals surface area contributed by atoms with Crippen molar-refractivity contribution in [3.05, 3.63) is 18.2 Å². The van der Waals surface area contributed by atoms with Crippen LogP contribution in [0.5, 0.6) is 0 Å². The molecule has 1 aromatic rings. The molecule has 0 fully saturated rings. The first kappa shape index (κ1) is 12.3. The van der Waals surface area contributed by atoms with Crippen molar-refractivity contribution < 1.29 is 4.57 Å². The van der Waals surface area contributed by atoms with Gasteiger partial charge in [-0.15, -0.1) is 0 Å². The van der Waals surface area contributed by atoms with E-state index in [1.807, 2.05) is 0 Å². The third kappa shape index (κ3) is 3.08. The van der Waals surface area contributed by atoms with E-state index in [4.69, 9.17) is 0 Å². The second kappa shape index (κ2) is 5.34. The highest BCUT2D eigenvalue weighted by atomic mass is 15.1. The summed E-state index contributed by atoms with van der Waals surface area (Å²) in [7, 11) is 0. The molecule has 0 aliphatic rings. The first-order valence-corrected chi connectivity index (χ1v) is 6.17. The van der Waals surface area contributed by atoms with Crippen LogP contribution in [-0.4, -0.2) is 4.57 Å². The van der Waals surface area contributed by atoms with E-state index in [9.17, 15) is 0 Å². The van der Waals surface area contributed by atoms with Crippen molar-refractivity contribution in [1.82, 2.24) is 4.57 Å². The van der Waals surface area contributed by atoms with E-state index in [1.54, 1.807) is 0 Å². The first-order valence-electron chi connectivity index (χ1n) is 6.17. The van der Waals surface area contributed by atoms with E-state index in [0.29, 0.717) is 12.0 Å². The van der Waals surface area contributed by atoms with E-state index in [1.165, 1.54) is 18.5 Å². The van der Waals surface area contributed by atoms with Crippen LogP contribution in [0, 0.1) is 0 Å². The SMILES string of the molecule is CCCC[n+]1cc(C(C)C)n(C(C)C)c1. The topological polar surface area (TPSA) is 8.81 Å². The van der Waals surface area contributed by atoms with Crippen molar-refractivity contribution in [2.45, 2.75) is 66.0 Å². The lowest BCUT2D eigenvalue weighted by atomic mass is 10.1. The van der Waals surface area contributed by atoms with Crippen molar-refractivity contribution in [2.75, 3.05) is 0 Å². The van der Waals surface area contributed by atoms with Crippen molar-refractivity contribution in [1.29, 1.82) is 0 Å². The fourth-order valence-electron chi connectivity index (χ4n) is 1.84. The molecule has 1 heterocycles. The molecule has 0 N–H and O–H groups in total. The Labute approximate surface area is 93.9 Å². The standard InChI is InChI=1S/C13H25N2/c1-6-7-8-14-9-13(11(2)3)15(10-14)12(4)5/h9-12H,6-8H2,1-5H3/q+1. The van der Waals surface area contributed by atoms with E-state index in [2.05, 4.69) is 56.3 Å². The number of unbranched alkanes of at least 4 members (excludes halogenated alkanes) is 1. The molecule has 0 spiro atoms. The predicted octanol–water partition coefficient (Wildman–Crippen LogP) is 3.28. The lowest BCUT2D eigenvalue weighted by Gasteiger charge is -2.06. The highest BCUT2D eigenvalue weighted by Crippen LogP contribution is 2.17. The second-order valence-corrected chi connectivity index (χ2v) is 4.92. The Kier molecular flexibility index (Phi) is 4.37. The maximum absolute atomic E-state index is 2.39. The second-order valence-electron chi connectivity index (χ2n) is 4.92. The Bertz CT molecular complexity index is 272. The molecule has 0 saturated carbocycles. The largest absolute Gasteiger partial charge is 0.244 e. The summed E-state index contributed by atoms with van der Waals surface area (Å²) in [6.07, 6.45) is 7.09. The Balaban J connectivity index is 2.88. The highest BCUT2D eigenvalue weighted by molar-refractivity contribution is 5.01. The van der Waals surface area contributed by atoms with Gasteiger partial charge in [-0.2, -0.15) is 0 Å². The molecule has 0 aromatic carbocycles. The first-order chi connectivity index (χ1) is 7.06. The normalized spacial score (nSPS) is 11.7. The van der Waals surface area contributed by atoms with E-state index in [0.717, 1.165) is 6.54 Å². The molecule has 0 saturated heterocycles. The van der Waals surface area contributed by atoms with Gasteiger partial charge in [0.25, 0.3) is 0 Å². The molecule has 2 heteroatoms. The summed E-state index contributed by atoms with van der Waals surface area (Å²) < 4.78 is 4.72. The summed E-state index contributed by atoms with van der Waals surface area (Å²) >= 11 is 0. The minimum Gasteiger partial charge on any atom is -0.237 e. The predicted molar refractivity (Wildman–Crippen MR) is 64.0 cm³/mol. The fraction of sp³-hybridized carbons (Fsp3) is 0.769. The van der Waals surface area contributed by atoms with Gasteiger partial charge in [0.05, 0.1) is 12.6 Å². The molecule has 0 aliphatic heterocycles. The highest BCUT2D eigenvalue weighted by Gasteiger charge is 2.18.